The van der Waals surface area contributed by atoms with Crippen molar-refractivity contribution in [3.8, 4) is 5.75 Å². The Morgan fingerprint density at radius 3 is 2.53 bits per heavy atom. The molecule has 0 fully saturated rings. The number of nitrogens with two attached hydrogens (primary N) is 1. The molecule has 2 unspecified atom stereocenters. The summed E-state index contributed by atoms with van der Waals surface area (Å²) >= 11 is 3.44. The molecule has 0 amide bonds. The minimum atomic E-state index is -0.120. The molecule has 2 N–H and O–H groups in total. The molecular formula is C15H17BrN2O. The van der Waals surface area contributed by atoms with Crippen LogP contribution in [0.4, 0.5) is 0 Å². The summed E-state index contributed by atoms with van der Waals surface area (Å²) in [4.78, 5) is 4.03. The van der Waals surface area contributed by atoms with E-state index in [1.165, 1.54) is 5.56 Å². The van der Waals surface area contributed by atoms with Crippen molar-refractivity contribution in [1.82, 2.24) is 4.98 Å². The number of benzene rings is 1. The Bertz CT molecular complexity index is 545. The Morgan fingerprint density at radius 2 is 1.89 bits per heavy atom. The number of halogens is 1. The van der Waals surface area contributed by atoms with Crippen molar-refractivity contribution in [1.29, 1.82) is 0 Å². The van der Waals surface area contributed by atoms with E-state index in [0.29, 0.717) is 0 Å². The van der Waals surface area contributed by atoms with Crippen molar-refractivity contribution >= 4 is 15.9 Å². The SMILES string of the molecule is COc1cc(Br)ccc1C(N)C(C)c1ccncc1. The van der Waals surface area contributed by atoms with Crippen LogP contribution in [0.5, 0.6) is 5.75 Å². The molecule has 2 aromatic rings. The van der Waals surface area contributed by atoms with Gasteiger partial charge >= 0.3 is 0 Å². The van der Waals surface area contributed by atoms with Gasteiger partial charge in [0, 0.05) is 34.4 Å². The van der Waals surface area contributed by atoms with E-state index in [9.17, 15) is 0 Å². The van der Waals surface area contributed by atoms with Gasteiger partial charge in [0.25, 0.3) is 0 Å². The lowest BCUT2D eigenvalue weighted by molar-refractivity contribution is 0.402. The van der Waals surface area contributed by atoms with E-state index in [4.69, 9.17) is 10.5 Å². The maximum absolute atomic E-state index is 6.38. The number of ether oxygens (including phenoxy) is 1. The predicted molar refractivity (Wildman–Crippen MR) is 80.3 cm³/mol. The average molecular weight is 321 g/mol. The first-order chi connectivity index (χ1) is 9.13. The molecule has 100 valence electrons. The maximum Gasteiger partial charge on any atom is 0.124 e. The lowest BCUT2D eigenvalue weighted by Gasteiger charge is -2.22. The van der Waals surface area contributed by atoms with Gasteiger partial charge in [-0.1, -0.05) is 28.9 Å². The molecule has 4 heteroatoms. The van der Waals surface area contributed by atoms with Gasteiger partial charge in [-0.05, 0) is 29.8 Å². The van der Waals surface area contributed by atoms with Gasteiger partial charge in [-0.3, -0.25) is 4.98 Å². The highest BCUT2D eigenvalue weighted by molar-refractivity contribution is 9.10. The number of hydrogen-bond acceptors (Lipinski definition) is 3. The van der Waals surface area contributed by atoms with Crippen LogP contribution in [-0.2, 0) is 0 Å². The van der Waals surface area contributed by atoms with Crippen molar-refractivity contribution in [3.63, 3.8) is 0 Å². The summed E-state index contributed by atoms with van der Waals surface area (Å²) in [5.41, 5.74) is 8.56. The fourth-order valence-corrected chi connectivity index (χ4v) is 2.44. The molecule has 0 saturated carbocycles. The van der Waals surface area contributed by atoms with Crippen molar-refractivity contribution < 1.29 is 4.74 Å². The van der Waals surface area contributed by atoms with E-state index >= 15 is 0 Å². The summed E-state index contributed by atoms with van der Waals surface area (Å²) in [6, 6.07) is 9.80. The molecule has 2 rings (SSSR count). The molecule has 1 aromatic carbocycles. The van der Waals surface area contributed by atoms with Gasteiger partial charge in [0.1, 0.15) is 5.75 Å². The maximum atomic E-state index is 6.38. The molecule has 0 radical (unpaired) electrons. The summed E-state index contributed by atoms with van der Waals surface area (Å²) in [5.74, 6) is 1.00. The summed E-state index contributed by atoms with van der Waals surface area (Å²) in [5, 5.41) is 0. The molecule has 2 atom stereocenters. The smallest absolute Gasteiger partial charge is 0.124 e. The fraction of sp³-hybridized carbons (Fsp3) is 0.267. The lowest BCUT2D eigenvalue weighted by atomic mass is 9.89. The average Bonchev–Trinajstić information content (AvgIpc) is 2.46. The van der Waals surface area contributed by atoms with Crippen LogP contribution < -0.4 is 10.5 Å². The Balaban J connectivity index is 2.31. The first kappa shape index (κ1) is 14.0. The second-order valence-corrected chi connectivity index (χ2v) is 5.40. The number of pyridine rings is 1. The second-order valence-electron chi connectivity index (χ2n) is 4.48. The third-order valence-corrected chi connectivity index (χ3v) is 3.82. The van der Waals surface area contributed by atoms with Gasteiger partial charge in [-0.15, -0.1) is 0 Å². The van der Waals surface area contributed by atoms with E-state index < -0.39 is 0 Å². The fourth-order valence-electron chi connectivity index (χ4n) is 2.10. The highest BCUT2D eigenvalue weighted by Crippen LogP contribution is 2.34. The highest BCUT2D eigenvalue weighted by Gasteiger charge is 2.20. The van der Waals surface area contributed by atoms with Gasteiger partial charge in [0.2, 0.25) is 0 Å². The quantitative estimate of drug-likeness (QED) is 0.935. The Morgan fingerprint density at radius 1 is 1.21 bits per heavy atom. The molecule has 0 saturated heterocycles. The number of methoxy groups -OCH3 is 1. The molecule has 0 bridgehead atoms. The number of nitrogens with zero attached hydrogens (tertiary/aromatic N) is 1. The topological polar surface area (TPSA) is 48.1 Å². The Kier molecular flexibility index (Phi) is 4.56. The van der Waals surface area contributed by atoms with Crippen molar-refractivity contribution in [2.75, 3.05) is 7.11 Å². The molecule has 0 aliphatic carbocycles. The molecule has 3 nitrogen and oxygen atoms in total. The van der Waals surface area contributed by atoms with Gasteiger partial charge < -0.3 is 10.5 Å². The van der Waals surface area contributed by atoms with E-state index in [2.05, 4.69) is 27.8 Å². The summed E-state index contributed by atoms with van der Waals surface area (Å²) < 4.78 is 6.39. The standard InChI is InChI=1S/C15H17BrN2O/c1-10(11-5-7-18-8-6-11)15(17)13-4-3-12(16)9-14(13)19-2/h3-10,15H,17H2,1-2H3. The molecule has 0 aliphatic rings. The minimum absolute atomic E-state index is 0.120. The summed E-state index contributed by atoms with van der Waals surface area (Å²) in [6.45, 7) is 2.11. The lowest BCUT2D eigenvalue weighted by Crippen LogP contribution is -2.18. The van der Waals surface area contributed by atoms with E-state index in [0.717, 1.165) is 15.8 Å². The molecule has 19 heavy (non-hydrogen) atoms. The minimum Gasteiger partial charge on any atom is -0.496 e. The van der Waals surface area contributed by atoms with Crippen LogP contribution in [0.25, 0.3) is 0 Å². The van der Waals surface area contributed by atoms with Crippen molar-refractivity contribution in [3.05, 3.63) is 58.3 Å². The van der Waals surface area contributed by atoms with Crippen LogP contribution in [0.2, 0.25) is 0 Å². The van der Waals surface area contributed by atoms with Crippen LogP contribution in [0.1, 0.15) is 30.0 Å². The number of aromatic nitrogens is 1. The summed E-state index contributed by atoms with van der Waals surface area (Å²) in [6.07, 6.45) is 3.58. The van der Waals surface area contributed by atoms with Gasteiger partial charge in [0.15, 0.2) is 0 Å². The van der Waals surface area contributed by atoms with Gasteiger partial charge in [0.05, 0.1) is 7.11 Å². The molecule has 0 spiro atoms. The summed E-state index contributed by atoms with van der Waals surface area (Å²) in [7, 11) is 1.66. The van der Waals surface area contributed by atoms with Gasteiger partial charge in [-0.25, -0.2) is 0 Å². The van der Waals surface area contributed by atoms with Crippen LogP contribution >= 0.6 is 15.9 Å². The second kappa shape index (κ2) is 6.17. The number of hydrogen-bond donors (Lipinski definition) is 1. The highest BCUT2D eigenvalue weighted by atomic mass is 79.9. The normalized spacial score (nSPS) is 13.9. The first-order valence-corrected chi connectivity index (χ1v) is 6.91. The Labute approximate surface area is 121 Å². The third-order valence-electron chi connectivity index (χ3n) is 3.33. The van der Waals surface area contributed by atoms with E-state index in [-0.39, 0.29) is 12.0 Å². The molecule has 0 aliphatic heterocycles. The van der Waals surface area contributed by atoms with Crippen LogP contribution in [-0.4, -0.2) is 12.1 Å². The van der Waals surface area contributed by atoms with Crippen LogP contribution in [0.15, 0.2) is 47.2 Å². The zero-order valence-electron chi connectivity index (χ0n) is 11.0. The van der Waals surface area contributed by atoms with Gasteiger partial charge in [-0.2, -0.15) is 0 Å². The van der Waals surface area contributed by atoms with Crippen LogP contribution in [0.3, 0.4) is 0 Å². The van der Waals surface area contributed by atoms with E-state index in [1.807, 2.05) is 30.3 Å². The van der Waals surface area contributed by atoms with Crippen molar-refractivity contribution in [2.24, 2.45) is 5.73 Å². The largest absolute Gasteiger partial charge is 0.496 e. The Hall–Kier alpha value is -1.39. The predicted octanol–water partition coefficient (Wildman–Crippen LogP) is 3.66. The third kappa shape index (κ3) is 3.14. The monoisotopic (exact) mass is 320 g/mol. The van der Waals surface area contributed by atoms with Crippen molar-refractivity contribution in [2.45, 2.75) is 18.9 Å². The molecule has 1 aromatic heterocycles. The first-order valence-electron chi connectivity index (χ1n) is 6.12. The number of rotatable bonds is 4. The van der Waals surface area contributed by atoms with Crippen LogP contribution in [0, 0.1) is 0 Å². The molecule has 1 heterocycles. The van der Waals surface area contributed by atoms with E-state index in [1.54, 1.807) is 19.5 Å². The zero-order valence-corrected chi connectivity index (χ0v) is 12.6. The zero-order chi connectivity index (χ0) is 13.8. The molecular weight excluding hydrogens is 304 g/mol.